The molecule has 0 aliphatic carbocycles. The highest BCUT2D eigenvalue weighted by Gasteiger charge is 2.13. The van der Waals surface area contributed by atoms with Gasteiger partial charge in [0, 0.05) is 18.4 Å². The molecule has 0 spiro atoms. The van der Waals surface area contributed by atoms with Crippen LogP contribution in [0.15, 0.2) is 48.8 Å². The number of nitrogens with one attached hydrogen (secondary N) is 1. The van der Waals surface area contributed by atoms with Crippen molar-refractivity contribution >= 4 is 11.6 Å². The minimum absolute atomic E-state index is 0.0759. The zero-order chi connectivity index (χ0) is 17.1. The normalized spacial score (nSPS) is 11.0. The van der Waals surface area contributed by atoms with E-state index in [0.29, 0.717) is 17.9 Å². The van der Waals surface area contributed by atoms with Gasteiger partial charge >= 0.3 is 0 Å². The number of aromatic nitrogens is 2. The van der Waals surface area contributed by atoms with Crippen LogP contribution in [0.2, 0.25) is 0 Å². The van der Waals surface area contributed by atoms with E-state index < -0.39 is 0 Å². The molecule has 5 heteroatoms. The average molecular weight is 323 g/mol. The number of imidazole rings is 1. The minimum atomic E-state index is -0.133. The molecule has 0 aliphatic heterocycles. The highest BCUT2D eigenvalue weighted by molar-refractivity contribution is 5.97. The Kier molecular flexibility index (Phi) is 4.51. The van der Waals surface area contributed by atoms with Crippen LogP contribution in [0.25, 0.3) is 5.65 Å². The average Bonchev–Trinajstić information content (AvgIpc) is 2.97. The topological polar surface area (TPSA) is 55.6 Å². The number of amides is 1. The molecule has 2 aromatic heterocycles. The van der Waals surface area contributed by atoms with Gasteiger partial charge in [-0.2, -0.15) is 0 Å². The number of fused-ring (bicyclic) bond motifs is 1. The first-order chi connectivity index (χ1) is 11.5. The Balaban J connectivity index is 1.78. The second-order valence-electron chi connectivity index (χ2n) is 6.07. The number of para-hydroxylation sites is 1. The maximum Gasteiger partial charge on any atom is 0.255 e. The Hall–Kier alpha value is -2.82. The summed E-state index contributed by atoms with van der Waals surface area (Å²) in [7, 11) is 0. The third-order valence-corrected chi connectivity index (χ3v) is 3.65. The molecule has 3 rings (SSSR count). The fraction of sp³-hybridized carbons (Fsp3) is 0.263. The molecule has 24 heavy (non-hydrogen) atoms. The van der Waals surface area contributed by atoms with E-state index in [4.69, 9.17) is 4.74 Å². The van der Waals surface area contributed by atoms with Crippen LogP contribution >= 0.6 is 0 Å². The third-order valence-electron chi connectivity index (χ3n) is 3.65. The van der Waals surface area contributed by atoms with Gasteiger partial charge in [-0.1, -0.05) is 18.2 Å². The van der Waals surface area contributed by atoms with Gasteiger partial charge in [-0.05, 0) is 44.5 Å². The van der Waals surface area contributed by atoms with E-state index in [9.17, 15) is 4.79 Å². The number of carbonyl (C=O) groups excluding carboxylic acids is 1. The number of ether oxygens (including phenoxy) is 1. The van der Waals surface area contributed by atoms with Crippen LogP contribution in [0.3, 0.4) is 0 Å². The van der Waals surface area contributed by atoms with E-state index in [1.54, 1.807) is 12.1 Å². The molecule has 0 saturated carbocycles. The molecule has 0 fully saturated rings. The predicted octanol–water partition coefficient (Wildman–Crippen LogP) is 3.36. The highest BCUT2D eigenvalue weighted by Crippen LogP contribution is 2.20. The number of nitrogens with zero attached hydrogens (tertiary/aromatic N) is 2. The lowest BCUT2D eigenvalue weighted by atomic mass is 10.2. The van der Waals surface area contributed by atoms with Crippen molar-refractivity contribution in [3.05, 3.63) is 65.6 Å². The molecule has 1 amide bonds. The van der Waals surface area contributed by atoms with Gasteiger partial charge in [0.05, 0.1) is 11.3 Å². The van der Waals surface area contributed by atoms with Crippen molar-refractivity contribution in [1.82, 2.24) is 14.7 Å². The van der Waals surface area contributed by atoms with Gasteiger partial charge in [0.2, 0.25) is 0 Å². The lowest BCUT2D eigenvalue weighted by Gasteiger charge is -2.12. The molecule has 0 radical (unpaired) electrons. The summed E-state index contributed by atoms with van der Waals surface area (Å²) in [6, 6.07) is 11.3. The van der Waals surface area contributed by atoms with Crippen LogP contribution < -0.4 is 10.1 Å². The van der Waals surface area contributed by atoms with E-state index in [-0.39, 0.29) is 11.9 Å². The zero-order valence-corrected chi connectivity index (χ0v) is 14.1. The summed E-state index contributed by atoms with van der Waals surface area (Å²) in [5.74, 6) is 0.427. The van der Waals surface area contributed by atoms with Crippen LogP contribution in [0.4, 0.5) is 0 Å². The summed E-state index contributed by atoms with van der Waals surface area (Å²) >= 11 is 0. The van der Waals surface area contributed by atoms with Crippen molar-refractivity contribution in [2.24, 2.45) is 0 Å². The van der Waals surface area contributed by atoms with E-state index in [1.165, 1.54) is 0 Å². The molecule has 1 N–H and O–H groups in total. The van der Waals surface area contributed by atoms with E-state index in [1.807, 2.05) is 61.8 Å². The van der Waals surface area contributed by atoms with Crippen LogP contribution in [-0.2, 0) is 6.61 Å². The molecule has 0 unspecified atom stereocenters. The minimum Gasteiger partial charge on any atom is -0.486 e. The molecular weight excluding hydrogens is 302 g/mol. The Morgan fingerprint density at radius 1 is 1.25 bits per heavy atom. The Bertz CT molecular complexity index is 868. The number of hydrogen-bond acceptors (Lipinski definition) is 3. The summed E-state index contributed by atoms with van der Waals surface area (Å²) in [5, 5.41) is 2.89. The maximum atomic E-state index is 12.3. The maximum absolute atomic E-state index is 12.3. The van der Waals surface area contributed by atoms with E-state index in [0.717, 1.165) is 16.9 Å². The molecule has 3 aromatic rings. The summed E-state index contributed by atoms with van der Waals surface area (Å²) < 4.78 is 7.84. The quantitative estimate of drug-likeness (QED) is 0.783. The third kappa shape index (κ3) is 3.40. The molecule has 0 aliphatic rings. The Labute approximate surface area is 141 Å². The summed E-state index contributed by atoms with van der Waals surface area (Å²) in [4.78, 5) is 16.8. The second kappa shape index (κ2) is 6.74. The van der Waals surface area contributed by atoms with Crippen molar-refractivity contribution in [1.29, 1.82) is 0 Å². The van der Waals surface area contributed by atoms with Crippen LogP contribution in [0.5, 0.6) is 5.75 Å². The smallest absolute Gasteiger partial charge is 0.255 e. The highest BCUT2D eigenvalue weighted by atomic mass is 16.5. The van der Waals surface area contributed by atoms with E-state index in [2.05, 4.69) is 10.3 Å². The van der Waals surface area contributed by atoms with Crippen molar-refractivity contribution in [3.63, 3.8) is 0 Å². The molecule has 1 aromatic carbocycles. The molecular formula is C19H21N3O2. The van der Waals surface area contributed by atoms with Crippen LogP contribution in [0.1, 0.15) is 35.5 Å². The fourth-order valence-corrected chi connectivity index (χ4v) is 2.55. The first-order valence-electron chi connectivity index (χ1n) is 8.00. The molecule has 0 bridgehead atoms. The Morgan fingerprint density at radius 2 is 2.04 bits per heavy atom. The van der Waals surface area contributed by atoms with Gasteiger partial charge in [0.15, 0.2) is 0 Å². The number of rotatable bonds is 5. The largest absolute Gasteiger partial charge is 0.486 e. The number of carbonyl (C=O) groups is 1. The Morgan fingerprint density at radius 3 is 2.79 bits per heavy atom. The van der Waals surface area contributed by atoms with Gasteiger partial charge in [-0.15, -0.1) is 0 Å². The first-order valence-corrected chi connectivity index (χ1v) is 8.00. The number of benzene rings is 1. The van der Waals surface area contributed by atoms with Crippen molar-refractivity contribution < 1.29 is 9.53 Å². The van der Waals surface area contributed by atoms with Gasteiger partial charge in [0.1, 0.15) is 18.0 Å². The SMILES string of the molecule is Cc1cccn2cc(COc3ccccc3C(=O)NC(C)C)nc12. The molecule has 2 heterocycles. The van der Waals surface area contributed by atoms with Crippen molar-refractivity contribution in [2.75, 3.05) is 0 Å². The fourth-order valence-electron chi connectivity index (χ4n) is 2.55. The predicted molar refractivity (Wildman–Crippen MR) is 93.3 cm³/mol. The van der Waals surface area contributed by atoms with Crippen LogP contribution in [-0.4, -0.2) is 21.3 Å². The summed E-state index contributed by atoms with van der Waals surface area (Å²) in [5.41, 5.74) is 3.39. The first kappa shape index (κ1) is 16.1. The molecule has 5 nitrogen and oxygen atoms in total. The standard InChI is InChI=1S/C19H21N3O2/c1-13(2)20-19(23)16-8-4-5-9-17(16)24-12-15-11-22-10-6-7-14(3)18(22)21-15/h4-11,13H,12H2,1-3H3,(H,20,23). The van der Waals surface area contributed by atoms with Gasteiger partial charge < -0.3 is 14.5 Å². The van der Waals surface area contributed by atoms with Gasteiger partial charge in [0.25, 0.3) is 5.91 Å². The zero-order valence-electron chi connectivity index (χ0n) is 14.1. The van der Waals surface area contributed by atoms with Crippen molar-refractivity contribution in [2.45, 2.75) is 33.4 Å². The molecule has 0 atom stereocenters. The lowest BCUT2D eigenvalue weighted by molar-refractivity contribution is 0.0938. The summed E-state index contributed by atoms with van der Waals surface area (Å²) in [6.07, 6.45) is 3.90. The van der Waals surface area contributed by atoms with Gasteiger partial charge in [-0.25, -0.2) is 4.98 Å². The molecule has 0 saturated heterocycles. The number of pyridine rings is 1. The van der Waals surface area contributed by atoms with E-state index >= 15 is 0 Å². The molecule has 124 valence electrons. The van der Waals surface area contributed by atoms with Crippen molar-refractivity contribution in [3.8, 4) is 5.75 Å². The van der Waals surface area contributed by atoms with Gasteiger partial charge in [-0.3, -0.25) is 4.79 Å². The summed E-state index contributed by atoms with van der Waals surface area (Å²) in [6.45, 7) is 6.20. The monoisotopic (exact) mass is 323 g/mol. The second-order valence-corrected chi connectivity index (χ2v) is 6.07. The number of hydrogen-bond donors (Lipinski definition) is 1. The van der Waals surface area contributed by atoms with Crippen LogP contribution in [0, 0.1) is 6.92 Å². The lowest BCUT2D eigenvalue weighted by Crippen LogP contribution is -2.30. The number of aryl methyl sites for hydroxylation is 1.